The highest BCUT2D eigenvalue weighted by Crippen LogP contribution is 2.27. The predicted octanol–water partition coefficient (Wildman–Crippen LogP) is 3.96. The maximum atomic E-state index is 13.0. The van der Waals surface area contributed by atoms with E-state index in [4.69, 9.17) is 0 Å². The Bertz CT molecular complexity index is 1040. The van der Waals surface area contributed by atoms with Crippen LogP contribution in [0.2, 0.25) is 0 Å². The van der Waals surface area contributed by atoms with Gasteiger partial charge in [0.2, 0.25) is 0 Å². The van der Waals surface area contributed by atoms with Crippen molar-refractivity contribution >= 4 is 23.6 Å². The van der Waals surface area contributed by atoms with Gasteiger partial charge in [-0.05, 0) is 52.8 Å². The van der Waals surface area contributed by atoms with Crippen molar-refractivity contribution in [3.63, 3.8) is 0 Å². The summed E-state index contributed by atoms with van der Waals surface area (Å²) >= 11 is 1.53. The van der Waals surface area contributed by atoms with Gasteiger partial charge in [0.05, 0.1) is 6.10 Å². The lowest BCUT2D eigenvalue weighted by Crippen LogP contribution is -2.41. The van der Waals surface area contributed by atoms with E-state index in [1.165, 1.54) is 11.8 Å². The SMILES string of the molecule is CSCC[C@H](NC(=O)c1ccc(CC(O)c2cccnc2)cc1-c1ccccc1)C(=O)O. The Morgan fingerprint density at radius 2 is 1.88 bits per heavy atom. The third kappa shape index (κ3) is 6.18. The van der Waals surface area contributed by atoms with E-state index in [1.54, 1.807) is 30.6 Å². The topological polar surface area (TPSA) is 99.5 Å². The van der Waals surface area contributed by atoms with Crippen molar-refractivity contribution in [2.75, 3.05) is 12.0 Å². The van der Waals surface area contributed by atoms with Crippen molar-refractivity contribution in [3.8, 4) is 11.1 Å². The van der Waals surface area contributed by atoms with Gasteiger partial charge in [0.15, 0.2) is 0 Å². The largest absolute Gasteiger partial charge is 0.480 e. The predicted molar refractivity (Wildman–Crippen MR) is 127 cm³/mol. The van der Waals surface area contributed by atoms with Crippen molar-refractivity contribution in [1.29, 1.82) is 0 Å². The summed E-state index contributed by atoms with van der Waals surface area (Å²) in [4.78, 5) is 28.7. The zero-order valence-electron chi connectivity index (χ0n) is 17.8. The quantitative estimate of drug-likeness (QED) is 0.432. The number of nitrogens with zero attached hydrogens (tertiary/aromatic N) is 1. The number of carboxylic acids is 1. The molecule has 0 spiro atoms. The summed E-state index contributed by atoms with van der Waals surface area (Å²) in [6, 6.07) is 17.4. The summed E-state index contributed by atoms with van der Waals surface area (Å²) in [5.41, 5.74) is 3.49. The van der Waals surface area contributed by atoms with Gasteiger partial charge in [0.25, 0.3) is 5.91 Å². The van der Waals surface area contributed by atoms with E-state index in [2.05, 4.69) is 10.3 Å². The Morgan fingerprint density at radius 1 is 1.09 bits per heavy atom. The smallest absolute Gasteiger partial charge is 0.326 e. The molecule has 3 aromatic rings. The van der Waals surface area contributed by atoms with Crippen LogP contribution in [0.1, 0.15) is 34.0 Å². The van der Waals surface area contributed by atoms with E-state index < -0.39 is 24.0 Å². The summed E-state index contributed by atoms with van der Waals surface area (Å²) in [5, 5.41) is 22.7. The second kappa shape index (κ2) is 11.5. The Balaban J connectivity index is 1.90. The normalized spacial score (nSPS) is 12.7. The number of aliphatic hydroxyl groups is 1. The van der Waals surface area contributed by atoms with Gasteiger partial charge < -0.3 is 15.5 Å². The van der Waals surface area contributed by atoms with Gasteiger partial charge in [-0.15, -0.1) is 0 Å². The molecule has 3 rings (SSSR count). The van der Waals surface area contributed by atoms with Crippen LogP contribution in [0.15, 0.2) is 73.1 Å². The van der Waals surface area contributed by atoms with Crippen LogP contribution >= 0.6 is 11.8 Å². The van der Waals surface area contributed by atoms with Crippen molar-refractivity contribution in [2.45, 2.75) is 25.0 Å². The maximum absolute atomic E-state index is 13.0. The first-order valence-electron chi connectivity index (χ1n) is 10.3. The molecular formula is C25H26N2O4S. The molecule has 0 aliphatic rings. The number of thioether (sulfide) groups is 1. The number of amides is 1. The second-order valence-corrected chi connectivity index (χ2v) is 8.38. The molecule has 0 bridgehead atoms. The van der Waals surface area contributed by atoms with Crippen molar-refractivity contribution in [3.05, 3.63) is 89.7 Å². The molecule has 3 N–H and O–H groups in total. The molecule has 0 saturated heterocycles. The molecule has 2 atom stereocenters. The number of hydrogen-bond donors (Lipinski definition) is 3. The molecule has 1 heterocycles. The van der Waals surface area contributed by atoms with Crippen molar-refractivity contribution in [1.82, 2.24) is 10.3 Å². The molecule has 1 aromatic heterocycles. The molecule has 2 aromatic carbocycles. The number of pyridine rings is 1. The van der Waals surface area contributed by atoms with Gasteiger partial charge in [-0.3, -0.25) is 9.78 Å². The number of carbonyl (C=O) groups is 2. The molecule has 32 heavy (non-hydrogen) atoms. The maximum Gasteiger partial charge on any atom is 0.326 e. The minimum Gasteiger partial charge on any atom is -0.480 e. The Labute approximate surface area is 191 Å². The summed E-state index contributed by atoms with van der Waals surface area (Å²) in [5.74, 6) is -0.852. The highest BCUT2D eigenvalue weighted by atomic mass is 32.2. The highest BCUT2D eigenvalue weighted by Gasteiger charge is 2.22. The number of benzene rings is 2. The van der Waals surface area contributed by atoms with E-state index in [-0.39, 0.29) is 0 Å². The molecule has 1 amide bonds. The number of carbonyl (C=O) groups excluding carboxylic acids is 1. The third-order valence-corrected chi connectivity index (χ3v) is 5.77. The zero-order valence-corrected chi connectivity index (χ0v) is 18.6. The molecule has 1 unspecified atom stereocenters. The lowest BCUT2D eigenvalue weighted by atomic mass is 9.93. The van der Waals surface area contributed by atoms with Crippen LogP contribution < -0.4 is 5.32 Å². The van der Waals surface area contributed by atoms with Gasteiger partial charge >= 0.3 is 5.97 Å². The fourth-order valence-corrected chi connectivity index (χ4v) is 3.89. The van der Waals surface area contributed by atoms with Crippen LogP contribution in [-0.4, -0.2) is 45.1 Å². The summed E-state index contributed by atoms with van der Waals surface area (Å²) in [6.45, 7) is 0. The fourth-order valence-electron chi connectivity index (χ4n) is 3.42. The van der Waals surface area contributed by atoms with Crippen LogP contribution in [0, 0.1) is 0 Å². The lowest BCUT2D eigenvalue weighted by molar-refractivity contribution is -0.139. The number of nitrogens with one attached hydrogen (secondary N) is 1. The van der Waals surface area contributed by atoms with Crippen molar-refractivity contribution in [2.24, 2.45) is 0 Å². The van der Waals surface area contributed by atoms with Crippen LogP contribution in [0.3, 0.4) is 0 Å². The second-order valence-electron chi connectivity index (χ2n) is 7.40. The van der Waals surface area contributed by atoms with Crippen LogP contribution in [0.25, 0.3) is 11.1 Å². The van der Waals surface area contributed by atoms with Gasteiger partial charge in [0, 0.05) is 24.4 Å². The van der Waals surface area contributed by atoms with Crippen LogP contribution in [0.5, 0.6) is 0 Å². The molecule has 0 aliphatic heterocycles. The minimum absolute atomic E-state index is 0.346. The molecule has 0 aliphatic carbocycles. The van der Waals surface area contributed by atoms with E-state index >= 15 is 0 Å². The zero-order chi connectivity index (χ0) is 22.9. The fraction of sp³-hybridized carbons (Fsp3) is 0.240. The summed E-state index contributed by atoms with van der Waals surface area (Å²) in [7, 11) is 0. The molecular weight excluding hydrogens is 424 g/mol. The average molecular weight is 451 g/mol. The first-order valence-corrected chi connectivity index (χ1v) is 11.7. The average Bonchev–Trinajstić information content (AvgIpc) is 2.82. The number of rotatable bonds is 10. The summed E-state index contributed by atoms with van der Waals surface area (Å²) < 4.78 is 0. The molecule has 0 saturated carbocycles. The van der Waals surface area contributed by atoms with E-state index in [9.17, 15) is 19.8 Å². The lowest BCUT2D eigenvalue weighted by Gasteiger charge is -2.17. The number of aliphatic hydroxyl groups excluding tert-OH is 1. The Hall–Kier alpha value is -3.16. The highest BCUT2D eigenvalue weighted by molar-refractivity contribution is 7.98. The molecule has 0 fully saturated rings. The van der Waals surface area contributed by atoms with Gasteiger partial charge in [0.1, 0.15) is 6.04 Å². The number of carboxylic acid groups (broad SMARTS) is 1. The number of aliphatic carboxylic acids is 1. The van der Waals surface area contributed by atoms with E-state index in [0.29, 0.717) is 35.3 Å². The van der Waals surface area contributed by atoms with Crippen LogP contribution in [0.4, 0.5) is 0 Å². The first-order chi connectivity index (χ1) is 15.5. The molecule has 0 radical (unpaired) electrons. The Kier molecular flexibility index (Phi) is 8.41. The molecule has 166 valence electrons. The third-order valence-electron chi connectivity index (χ3n) is 5.13. The van der Waals surface area contributed by atoms with Gasteiger partial charge in [-0.1, -0.05) is 48.5 Å². The van der Waals surface area contributed by atoms with Gasteiger partial charge in [-0.2, -0.15) is 11.8 Å². The number of aromatic nitrogens is 1. The van der Waals surface area contributed by atoms with E-state index in [1.807, 2.05) is 48.7 Å². The van der Waals surface area contributed by atoms with E-state index in [0.717, 1.165) is 11.1 Å². The van der Waals surface area contributed by atoms with Gasteiger partial charge in [-0.25, -0.2) is 4.79 Å². The Morgan fingerprint density at radius 3 is 2.53 bits per heavy atom. The monoisotopic (exact) mass is 450 g/mol. The number of hydrogen-bond acceptors (Lipinski definition) is 5. The van der Waals surface area contributed by atoms with Crippen LogP contribution in [-0.2, 0) is 11.2 Å². The standard InChI is InChI=1S/C25H26N2O4S/c1-32-13-11-22(25(30)31)27-24(29)20-10-9-17(14-21(20)18-6-3-2-4-7-18)15-23(28)19-8-5-12-26-16-19/h2-10,12,14,16,22-23,28H,11,13,15H2,1H3,(H,27,29)(H,30,31)/t22-,23?/m0/s1. The molecule has 7 heteroatoms. The first kappa shape index (κ1) is 23.5. The summed E-state index contributed by atoms with van der Waals surface area (Å²) in [6.07, 6.45) is 5.16. The minimum atomic E-state index is -1.05. The van der Waals surface area contributed by atoms with Crippen molar-refractivity contribution < 1.29 is 19.8 Å². The molecule has 6 nitrogen and oxygen atoms in total.